The first-order valence-corrected chi connectivity index (χ1v) is 6.85. The molecule has 0 amide bonds. The van der Waals surface area contributed by atoms with E-state index in [9.17, 15) is 18.6 Å². The summed E-state index contributed by atoms with van der Waals surface area (Å²) < 4.78 is 29.4. The van der Waals surface area contributed by atoms with Gasteiger partial charge in [-0.1, -0.05) is 18.2 Å². The molecule has 0 aliphatic carbocycles. The zero-order chi connectivity index (χ0) is 14.0. The van der Waals surface area contributed by atoms with Gasteiger partial charge in [0.05, 0.1) is 12.0 Å². The fourth-order valence-electron chi connectivity index (χ4n) is 1.64. The minimum Gasteiger partial charge on any atom is -0.506 e. The number of hydrogen-bond acceptors (Lipinski definition) is 5. The van der Waals surface area contributed by atoms with E-state index in [4.69, 9.17) is 4.74 Å². The van der Waals surface area contributed by atoms with Gasteiger partial charge < -0.3 is 14.9 Å². The summed E-state index contributed by atoms with van der Waals surface area (Å²) in [5.41, 5.74) is 0. The first-order chi connectivity index (χ1) is 8.96. The second-order valence-electron chi connectivity index (χ2n) is 3.81. The van der Waals surface area contributed by atoms with Gasteiger partial charge >= 0.3 is 0 Å². The number of ether oxygens (including phenoxy) is 1. The number of aromatic hydroxyl groups is 2. The van der Waals surface area contributed by atoms with E-state index in [1.807, 2.05) is 0 Å². The van der Waals surface area contributed by atoms with Crippen molar-refractivity contribution < 1.29 is 23.4 Å². The predicted molar refractivity (Wildman–Crippen MR) is 68.2 cm³/mol. The molecule has 6 heteroatoms. The fraction of sp³-hybridized carbons (Fsp3) is 0.0769. The zero-order valence-electron chi connectivity index (χ0n) is 10.1. The predicted octanol–water partition coefficient (Wildman–Crippen LogP) is 1.94. The lowest BCUT2D eigenvalue weighted by atomic mass is 10.3. The Morgan fingerprint density at radius 3 is 2.21 bits per heavy atom. The van der Waals surface area contributed by atoms with E-state index in [-0.39, 0.29) is 21.3 Å². The van der Waals surface area contributed by atoms with Crippen LogP contribution in [0.1, 0.15) is 0 Å². The Hall–Kier alpha value is -2.21. The molecule has 0 heterocycles. The number of phenolic OH excluding ortho intramolecular Hbond substituents is 2. The Morgan fingerprint density at radius 1 is 1.00 bits per heavy atom. The van der Waals surface area contributed by atoms with Gasteiger partial charge in [0.1, 0.15) is 10.6 Å². The van der Waals surface area contributed by atoms with Gasteiger partial charge in [0.15, 0.2) is 11.5 Å². The number of phenols is 2. The average Bonchev–Trinajstić information content (AvgIpc) is 2.41. The lowest BCUT2D eigenvalue weighted by Gasteiger charge is -2.10. The molecule has 2 N–H and O–H groups in total. The second-order valence-corrected chi connectivity index (χ2v) is 5.73. The molecule has 100 valence electrons. The van der Waals surface area contributed by atoms with E-state index in [1.165, 1.54) is 19.2 Å². The van der Waals surface area contributed by atoms with Crippen LogP contribution < -0.4 is 4.74 Å². The molecular formula is C13H12O5S. The quantitative estimate of drug-likeness (QED) is 0.839. The van der Waals surface area contributed by atoms with Crippen LogP contribution in [-0.2, 0) is 9.84 Å². The molecule has 0 fully saturated rings. The molecule has 2 aromatic rings. The second kappa shape index (κ2) is 4.81. The Kier molecular flexibility index (Phi) is 3.35. The molecule has 2 aromatic carbocycles. The monoisotopic (exact) mass is 280 g/mol. The molecule has 0 atom stereocenters. The molecule has 0 unspecified atom stereocenters. The number of rotatable bonds is 3. The Labute approximate surface area is 110 Å². The third-order valence-corrected chi connectivity index (χ3v) is 4.40. The van der Waals surface area contributed by atoms with E-state index in [2.05, 4.69) is 0 Å². The lowest BCUT2D eigenvalue weighted by molar-refractivity contribution is 0.365. The molecule has 19 heavy (non-hydrogen) atoms. The minimum atomic E-state index is -3.88. The van der Waals surface area contributed by atoms with E-state index in [0.717, 1.165) is 12.1 Å². The van der Waals surface area contributed by atoms with Crippen LogP contribution in [0.4, 0.5) is 0 Å². The Balaban J connectivity index is 2.63. The van der Waals surface area contributed by atoms with Crippen molar-refractivity contribution in [1.29, 1.82) is 0 Å². The fourth-order valence-corrected chi connectivity index (χ4v) is 3.01. The van der Waals surface area contributed by atoms with Gasteiger partial charge in [0.25, 0.3) is 0 Å². The van der Waals surface area contributed by atoms with E-state index < -0.39 is 15.6 Å². The van der Waals surface area contributed by atoms with Crippen molar-refractivity contribution in [3.05, 3.63) is 42.5 Å². The molecule has 0 spiro atoms. The van der Waals surface area contributed by atoms with Crippen LogP contribution >= 0.6 is 0 Å². The molecule has 0 aliphatic rings. The van der Waals surface area contributed by atoms with Gasteiger partial charge in [-0.05, 0) is 12.1 Å². The third kappa shape index (κ3) is 2.34. The summed E-state index contributed by atoms with van der Waals surface area (Å²) in [5, 5.41) is 19.4. The summed E-state index contributed by atoms with van der Waals surface area (Å²) in [7, 11) is -2.58. The highest BCUT2D eigenvalue weighted by molar-refractivity contribution is 7.91. The maximum absolute atomic E-state index is 12.3. The Bertz CT molecular complexity index is 692. The maximum Gasteiger partial charge on any atom is 0.210 e. The molecular weight excluding hydrogens is 268 g/mol. The van der Waals surface area contributed by atoms with Crippen LogP contribution in [0.15, 0.2) is 52.3 Å². The summed E-state index contributed by atoms with van der Waals surface area (Å²) in [6.07, 6.45) is 0. The lowest BCUT2D eigenvalue weighted by Crippen LogP contribution is -2.02. The van der Waals surface area contributed by atoms with Crippen LogP contribution in [0, 0.1) is 0 Å². The molecule has 0 radical (unpaired) electrons. The molecule has 0 aromatic heterocycles. The molecule has 0 bridgehead atoms. The molecule has 2 rings (SSSR count). The van der Waals surface area contributed by atoms with Gasteiger partial charge in [-0.15, -0.1) is 0 Å². The average molecular weight is 280 g/mol. The highest BCUT2D eigenvalue weighted by Crippen LogP contribution is 2.37. The smallest absolute Gasteiger partial charge is 0.210 e. The van der Waals surface area contributed by atoms with Crippen LogP contribution in [0.2, 0.25) is 0 Å². The SMILES string of the molecule is COc1cc(O)c(S(=O)(=O)c2ccccc2)cc1O. The summed E-state index contributed by atoms with van der Waals surface area (Å²) in [5.74, 6) is -0.821. The van der Waals surface area contributed by atoms with Gasteiger partial charge in [-0.2, -0.15) is 0 Å². The summed E-state index contributed by atoms with van der Waals surface area (Å²) >= 11 is 0. The minimum absolute atomic E-state index is 0.00418. The van der Waals surface area contributed by atoms with Crippen molar-refractivity contribution in [3.8, 4) is 17.2 Å². The van der Waals surface area contributed by atoms with Gasteiger partial charge in [-0.3, -0.25) is 0 Å². The van der Waals surface area contributed by atoms with Gasteiger partial charge in [0.2, 0.25) is 9.84 Å². The summed E-state index contributed by atoms with van der Waals surface area (Å²) in [6, 6.07) is 9.69. The number of sulfone groups is 1. The van der Waals surface area contributed by atoms with Crippen LogP contribution in [-0.4, -0.2) is 25.7 Å². The first-order valence-electron chi connectivity index (χ1n) is 5.37. The van der Waals surface area contributed by atoms with Crippen molar-refractivity contribution in [2.45, 2.75) is 9.79 Å². The molecule has 0 aliphatic heterocycles. The largest absolute Gasteiger partial charge is 0.506 e. The maximum atomic E-state index is 12.3. The topological polar surface area (TPSA) is 83.8 Å². The van der Waals surface area contributed by atoms with Gasteiger partial charge in [0, 0.05) is 12.1 Å². The molecule has 0 saturated carbocycles. The standard InChI is InChI=1S/C13H12O5S/c1-18-12-7-11(15)13(8-10(12)14)19(16,17)9-5-3-2-4-6-9/h2-8,14-15H,1H3. The van der Waals surface area contributed by atoms with Crippen molar-refractivity contribution in [2.24, 2.45) is 0 Å². The Morgan fingerprint density at radius 2 is 1.63 bits per heavy atom. The van der Waals surface area contributed by atoms with Crippen molar-refractivity contribution in [2.75, 3.05) is 7.11 Å². The number of benzene rings is 2. The number of methoxy groups -OCH3 is 1. The van der Waals surface area contributed by atoms with Crippen LogP contribution in [0.25, 0.3) is 0 Å². The summed E-state index contributed by atoms with van der Waals surface area (Å²) in [6.45, 7) is 0. The van der Waals surface area contributed by atoms with Crippen molar-refractivity contribution >= 4 is 9.84 Å². The van der Waals surface area contributed by atoms with Crippen LogP contribution in [0.3, 0.4) is 0 Å². The normalized spacial score (nSPS) is 11.2. The highest BCUT2D eigenvalue weighted by Gasteiger charge is 2.23. The van der Waals surface area contributed by atoms with E-state index in [1.54, 1.807) is 18.2 Å². The van der Waals surface area contributed by atoms with Crippen molar-refractivity contribution in [3.63, 3.8) is 0 Å². The van der Waals surface area contributed by atoms with E-state index >= 15 is 0 Å². The van der Waals surface area contributed by atoms with Crippen LogP contribution in [0.5, 0.6) is 17.2 Å². The van der Waals surface area contributed by atoms with Crippen molar-refractivity contribution in [1.82, 2.24) is 0 Å². The molecule has 5 nitrogen and oxygen atoms in total. The summed E-state index contributed by atoms with van der Waals surface area (Å²) in [4.78, 5) is -0.327. The first kappa shape index (κ1) is 13.2. The number of hydrogen-bond donors (Lipinski definition) is 2. The highest BCUT2D eigenvalue weighted by atomic mass is 32.2. The van der Waals surface area contributed by atoms with Gasteiger partial charge in [-0.25, -0.2) is 8.42 Å². The third-order valence-electron chi connectivity index (χ3n) is 2.60. The van der Waals surface area contributed by atoms with E-state index in [0.29, 0.717) is 0 Å². The zero-order valence-corrected chi connectivity index (χ0v) is 10.9. The molecule has 0 saturated heterocycles.